The van der Waals surface area contributed by atoms with Gasteiger partial charge in [0.1, 0.15) is 0 Å². The van der Waals surface area contributed by atoms with Gasteiger partial charge in [0.05, 0.1) is 0 Å². The van der Waals surface area contributed by atoms with E-state index in [0.29, 0.717) is 15.0 Å². The van der Waals surface area contributed by atoms with Crippen molar-refractivity contribution >= 4 is 42.1 Å². The van der Waals surface area contributed by atoms with Crippen LogP contribution in [0.1, 0.15) is 5.50 Å². The Morgan fingerprint density at radius 2 is 1.79 bits per heavy atom. The van der Waals surface area contributed by atoms with Gasteiger partial charge in [-0.25, -0.2) is 0 Å². The van der Waals surface area contributed by atoms with Gasteiger partial charge in [0.15, 0.2) is 0 Å². The van der Waals surface area contributed by atoms with Crippen LogP contribution in [0.5, 0.6) is 0 Å². The van der Waals surface area contributed by atoms with Gasteiger partial charge in [0, 0.05) is 0 Å². The number of halogens is 1. The Morgan fingerprint density at radius 3 is 2.63 bits per heavy atom. The van der Waals surface area contributed by atoms with Crippen LogP contribution < -0.4 is 4.46 Å². The number of para-hydroxylation sites is 1. The normalized spacial score (nSPS) is 12.7. The van der Waals surface area contributed by atoms with Crippen molar-refractivity contribution in [2.45, 2.75) is 10.8 Å². The topological polar surface area (TPSA) is 30.7 Å². The predicted molar refractivity (Wildman–Crippen MR) is 79.1 cm³/mol. The first-order chi connectivity index (χ1) is 9.34. The SMILES string of the molecule is ClC(C[Se]c1ccccc1)n1nnc2ccccc21. The third-order valence-corrected chi connectivity index (χ3v) is 5.81. The van der Waals surface area contributed by atoms with Crippen molar-refractivity contribution in [2.24, 2.45) is 0 Å². The number of hydrogen-bond donors (Lipinski definition) is 0. The fourth-order valence-electron chi connectivity index (χ4n) is 1.85. The van der Waals surface area contributed by atoms with Crippen molar-refractivity contribution in [1.29, 1.82) is 0 Å². The van der Waals surface area contributed by atoms with Gasteiger partial charge in [-0.3, -0.25) is 0 Å². The molecule has 0 amide bonds. The van der Waals surface area contributed by atoms with Crippen LogP contribution in [0.2, 0.25) is 5.32 Å². The van der Waals surface area contributed by atoms with Crippen LogP contribution in [0.15, 0.2) is 54.6 Å². The average molecular weight is 337 g/mol. The molecule has 3 aromatic rings. The van der Waals surface area contributed by atoms with Gasteiger partial charge < -0.3 is 0 Å². The maximum absolute atomic E-state index is 6.45. The molecule has 0 spiro atoms. The summed E-state index contributed by atoms with van der Waals surface area (Å²) < 4.78 is 3.16. The molecule has 1 aromatic heterocycles. The molecular formula is C14H12ClN3Se. The van der Waals surface area contributed by atoms with Crippen molar-refractivity contribution in [1.82, 2.24) is 15.0 Å². The van der Waals surface area contributed by atoms with E-state index >= 15 is 0 Å². The zero-order valence-electron chi connectivity index (χ0n) is 10.1. The van der Waals surface area contributed by atoms with Gasteiger partial charge in [-0.2, -0.15) is 0 Å². The molecule has 1 unspecified atom stereocenters. The summed E-state index contributed by atoms with van der Waals surface area (Å²) in [6, 6.07) is 18.3. The maximum atomic E-state index is 6.45. The molecule has 0 aliphatic heterocycles. The minimum atomic E-state index is -0.146. The molecule has 0 bridgehead atoms. The molecule has 1 atom stereocenters. The van der Waals surface area contributed by atoms with E-state index < -0.39 is 0 Å². The minimum absolute atomic E-state index is 0.146. The van der Waals surface area contributed by atoms with Crippen LogP contribution in [0.4, 0.5) is 0 Å². The van der Waals surface area contributed by atoms with E-state index in [1.807, 2.05) is 35.0 Å². The van der Waals surface area contributed by atoms with Crippen molar-refractivity contribution in [3.8, 4) is 0 Å². The van der Waals surface area contributed by atoms with E-state index in [9.17, 15) is 0 Å². The third kappa shape index (κ3) is 2.81. The number of rotatable bonds is 4. The van der Waals surface area contributed by atoms with Gasteiger partial charge in [-0.05, 0) is 0 Å². The number of benzene rings is 2. The first-order valence-electron chi connectivity index (χ1n) is 5.96. The fourth-order valence-corrected chi connectivity index (χ4v) is 4.04. The van der Waals surface area contributed by atoms with Crippen LogP contribution in [0.25, 0.3) is 11.0 Å². The zero-order chi connectivity index (χ0) is 13.1. The summed E-state index contributed by atoms with van der Waals surface area (Å²) >= 11 is 6.80. The Balaban J connectivity index is 1.75. The Bertz CT molecular complexity index is 669. The molecule has 3 nitrogen and oxygen atoms in total. The van der Waals surface area contributed by atoms with E-state index in [4.69, 9.17) is 11.6 Å². The molecule has 2 aromatic carbocycles. The van der Waals surface area contributed by atoms with Gasteiger partial charge in [-0.15, -0.1) is 0 Å². The van der Waals surface area contributed by atoms with Crippen LogP contribution in [0, 0.1) is 0 Å². The second-order valence-electron chi connectivity index (χ2n) is 4.08. The van der Waals surface area contributed by atoms with E-state index in [1.54, 1.807) is 0 Å². The Kier molecular flexibility index (Phi) is 3.83. The summed E-state index contributed by atoms with van der Waals surface area (Å²) in [7, 11) is 0. The number of aromatic nitrogens is 3. The van der Waals surface area contributed by atoms with Crippen molar-refractivity contribution in [2.75, 3.05) is 0 Å². The first kappa shape index (κ1) is 12.7. The van der Waals surface area contributed by atoms with Gasteiger partial charge in [0.2, 0.25) is 0 Å². The van der Waals surface area contributed by atoms with E-state index in [1.165, 1.54) is 4.46 Å². The van der Waals surface area contributed by atoms with E-state index in [0.717, 1.165) is 16.4 Å². The molecule has 19 heavy (non-hydrogen) atoms. The number of hydrogen-bond acceptors (Lipinski definition) is 2. The average Bonchev–Trinajstić information content (AvgIpc) is 2.90. The summed E-state index contributed by atoms with van der Waals surface area (Å²) in [4.78, 5) is 0. The molecule has 0 N–H and O–H groups in total. The molecule has 0 radical (unpaired) electrons. The Morgan fingerprint density at radius 1 is 1.05 bits per heavy atom. The second kappa shape index (κ2) is 5.74. The fraction of sp³-hybridized carbons (Fsp3) is 0.143. The quantitative estimate of drug-likeness (QED) is 0.541. The van der Waals surface area contributed by atoms with Crippen molar-refractivity contribution in [3.05, 3.63) is 54.6 Å². The Hall–Kier alpha value is -1.35. The molecule has 0 fully saturated rings. The van der Waals surface area contributed by atoms with Crippen LogP contribution in [-0.2, 0) is 0 Å². The van der Waals surface area contributed by atoms with Gasteiger partial charge in [0.25, 0.3) is 0 Å². The molecule has 0 aliphatic rings. The van der Waals surface area contributed by atoms with Crippen LogP contribution in [-0.4, -0.2) is 30.0 Å². The van der Waals surface area contributed by atoms with Crippen molar-refractivity contribution in [3.63, 3.8) is 0 Å². The molecule has 3 rings (SSSR count). The second-order valence-corrected chi connectivity index (χ2v) is 6.88. The molecule has 96 valence electrons. The number of nitrogens with zero attached hydrogens (tertiary/aromatic N) is 3. The first-order valence-corrected chi connectivity index (χ1v) is 8.47. The number of fused-ring (bicyclic) bond motifs is 1. The van der Waals surface area contributed by atoms with Crippen LogP contribution in [0.3, 0.4) is 0 Å². The third-order valence-electron chi connectivity index (χ3n) is 2.77. The zero-order valence-corrected chi connectivity index (χ0v) is 12.6. The summed E-state index contributed by atoms with van der Waals surface area (Å²) in [5, 5.41) is 9.18. The van der Waals surface area contributed by atoms with Gasteiger partial charge >= 0.3 is 122 Å². The Labute approximate surface area is 122 Å². The van der Waals surface area contributed by atoms with Gasteiger partial charge in [-0.1, -0.05) is 0 Å². The molecule has 0 saturated carbocycles. The predicted octanol–water partition coefficient (Wildman–Crippen LogP) is 2.62. The van der Waals surface area contributed by atoms with Crippen LogP contribution >= 0.6 is 11.6 Å². The molecule has 5 heteroatoms. The molecular weight excluding hydrogens is 325 g/mol. The standard InChI is InChI=1S/C14H12ClN3Se/c15-14(10-19-11-6-2-1-3-7-11)18-13-9-5-4-8-12(13)16-17-18/h1-9,14H,10H2. The van der Waals surface area contributed by atoms with E-state index in [2.05, 4.69) is 34.6 Å². The monoisotopic (exact) mass is 337 g/mol. The summed E-state index contributed by atoms with van der Waals surface area (Å²) in [6.07, 6.45) is 0. The van der Waals surface area contributed by atoms with Crippen molar-refractivity contribution < 1.29 is 0 Å². The summed E-state index contributed by atoms with van der Waals surface area (Å²) in [6.45, 7) is 0. The van der Waals surface area contributed by atoms with E-state index in [-0.39, 0.29) is 5.50 Å². The molecule has 0 saturated heterocycles. The summed E-state index contributed by atoms with van der Waals surface area (Å²) in [5.41, 5.74) is 1.74. The molecule has 1 heterocycles. The number of alkyl halides is 1. The molecule has 0 aliphatic carbocycles. The summed E-state index contributed by atoms with van der Waals surface area (Å²) in [5.74, 6) is 0.